The van der Waals surface area contributed by atoms with Gasteiger partial charge in [-0.15, -0.1) is 0 Å². The fraction of sp³-hybridized carbons (Fsp3) is 0.714. The van der Waals surface area contributed by atoms with E-state index in [2.05, 4.69) is 0 Å². The molecule has 0 aromatic rings. The molecule has 19 heavy (non-hydrogen) atoms. The van der Waals surface area contributed by atoms with Gasteiger partial charge in [-0.1, -0.05) is 0 Å². The van der Waals surface area contributed by atoms with Crippen LogP contribution in [0, 0.1) is 5.41 Å². The van der Waals surface area contributed by atoms with E-state index in [4.69, 9.17) is 5.11 Å². The molecule has 0 aliphatic carbocycles. The van der Waals surface area contributed by atoms with Crippen LogP contribution in [0.2, 0.25) is 0 Å². The van der Waals surface area contributed by atoms with Gasteiger partial charge in [0.2, 0.25) is 0 Å². The van der Waals surface area contributed by atoms with Crippen LogP contribution < -0.4 is 0 Å². The summed E-state index contributed by atoms with van der Waals surface area (Å²) in [6, 6.07) is 0. The molecule has 0 radical (unpaired) electrons. The Morgan fingerprint density at radius 1 is 0.737 bits per heavy atom. The second kappa shape index (κ2) is 4.56. The molecule has 1 N–H and O–H groups in total. The van der Waals surface area contributed by atoms with Gasteiger partial charge in [0.15, 0.2) is 5.78 Å². The number of hydrogen-bond donors (Lipinski definition) is 1. The molecule has 0 saturated heterocycles. The molecule has 0 heterocycles. The molecule has 0 unspecified atom stereocenters. The first-order valence-electron chi connectivity index (χ1n) is 4.04. The van der Waals surface area contributed by atoms with Crippen LogP contribution in [-0.4, -0.2) is 35.4 Å². The van der Waals surface area contributed by atoms with Crippen molar-refractivity contribution in [1.29, 1.82) is 0 Å². The van der Waals surface area contributed by atoms with Gasteiger partial charge in [-0.05, 0) is 0 Å². The van der Waals surface area contributed by atoms with Crippen LogP contribution in [0.3, 0.4) is 0 Å². The molecule has 0 spiro atoms. The molecule has 0 bridgehead atoms. The molecule has 0 amide bonds. The molecular weight excluding hydrogens is 303 g/mol. The van der Waals surface area contributed by atoms with E-state index in [0.29, 0.717) is 0 Å². The van der Waals surface area contributed by atoms with Gasteiger partial charge in [-0.25, -0.2) is 0 Å². The first-order chi connectivity index (χ1) is 8.09. The number of ketones is 1. The Balaban J connectivity index is 6.27. The zero-order valence-electron chi connectivity index (χ0n) is 8.37. The number of halogens is 9. The van der Waals surface area contributed by atoms with E-state index in [1.807, 2.05) is 0 Å². The van der Waals surface area contributed by atoms with Gasteiger partial charge in [0.25, 0.3) is 0 Å². The molecule has 0 aliphatic rings. The van der Waals surface area contributed by atoms with Crippen molar-refractivity contribution >= 4 is 11.8 Å². The third kappa shape index (κ3) is 2.76. The molecule has 0 aromatic carbocycles. The van der Waals surface area contributed by atoms with Crippen LogP contribution in [0.15, 0.2) is 0 Å². The fourth-order valence-electron chi connectivity index (χ4n) is 1.23. The molecule has 0 atom stereocenters. The first kappa shape index (κ1) is 17.5. The number of carbonyl (C=O) groups is 2. The summed E-state index contributed by atoms with van der Waals surface area (Å²) in [4.78, 5) is 20.6. The smallest absolute Gasteiger partial charge is 0.419 e. The summed E-state index contributed by atoms with van der Waals surface area (Å²) in [6.45, 7) is 0. The van der Waals surface area contributed by atoms with Crippen molar-refractivity contribution < 1.29 is 54.2 Å². The maximum Gasteiger partial charge on any atom is 0.419 e. The second-order valence-electron chi connectivity index (χ2n) is 3.24. The summed E-state index contributed by atoms with van der Waals surface area (Å²) >= 11 is 0. The summed E-state index contributed by atoms with van der Waals surface area (Å²) in [7, 11) is 0. The molecule has 0 saturated carbocycles. The predicted octanol–water partition coefficient (Wildman–Crippen LogP) is 2.70. The Hall–Kier alpha value is -1.49. The highest BCUT2D eigenvalue weighted by molar-refractivity contribution is 5.99. The standard InChI is InChI=1S/C7H3F9O3/c8-5(9,10)4(6(11,12)13,7(14,15)16)2(17)1-3(18)19/h1H2,(H,18,19). The van der Waals surface area contributed by atoms with Gasteiger partial charge in [-0.3, -0.25) is 9.59 Å². The number of carboxylic acid groups (broad SMARTS) is 1. The van der Waals surface area contributed by atoms with Gasteiger partial charge >= 0.3 is 29.9 Å². The average molecular weight is 306 g/mol. The Morgan fingerprint density at radius 3 is 1.16 bits per heavy atom. The highest BCUT2D eigenvalue weighted by Gasteiger charge is 2.87. The second-order valence-corrected chi connectivity index (χ2v) is 3.24. The highest BCUT2D eigenvalue weighted by Crippen LogP contribution is 2.60. The highest BCUT2D eigenvalue weighted by atomic mass is 19.4. The number of aliphatic carboxylic acids is 1. The third-order valence-corrected chi connectivity index (χ3v) is 2.01. The van der Waals surface area contributed by atoms with Crippen molar-refractivity contribution in [3.63, 3.8) is 0 Å². The molecule has 112 valence electrons. The summed E-state index contributed by atoms with van der Waals surface area (Å²) < 4.78 is 110. The summed E-state index contributed by atoms with van der Waals surface area (Å²) in [6.07, 6.45) is -23.8. The zero-order valence-corrected chi connectivity index (χ0v) is 8.37. The zero-order chi connectivity index (χ0) is 15.9. The Morgan fingerprint density at radius 2 is 1.00 bits per heavy atom. The van der Waals surface area contributed by atoms with E-state index in [1.54, 1.807) is 0 Å². The van der Waals surface area contributed by atoms with E-state index >= 15 is 0 Å². The SMILES string of the molecule is O=C(O)CC(=O)C(C(F)(F)F)(C(F)(F)F)C(F)(F)F. The van der Waals surface area contributed by atoms with Crippen molar-refractivity contribution in [1.82, 2.24) is 0 Å². The number of carbonyl (C=O) groups excluding carboxylic acids is 1. The molecule has 0 fully saturated rings. The van der Waals surface area contributed by atoms with Crippen molar-refractivity contribution in [2.24, 2.45) is 5.41 Å². The van der Waals surface area contributed by atoms with E-state index in [-0.39, 0.29) is 0 Å². The lowest BCUT2D eigenvalue weighted by molar-refractivity contribution is -0.406. The van der Waals surface area contributed by atoms with Crippen LogP contribution in [0.1, 0.15) is 6.42 Å². The van der Waals surface area contributed by atoms with Crippen LogP contribution in [-0.2, 0) is 9.59 Å². The van der Waals surface area contributed by atoms with Crippen LogP contribution in [0.5, 0.6) is 0 Å². The lowest BCUT2D eigenvalue weighted by atomic mass is 9.79. The number of rotatable bonds is 3. The minimum absolute atomic E-state index is 2.55. The predicted molar refractivity (Wildman–Crippen MR) is 37.9 cm³/mol. The monoisotopic (exact) mass is 306 g/mol. The van der Waals surface area contributed by atoms with Gasteiger partial charge in [0.05, 0.1) is 0 Å². The van der Waals surface area contributed by atoms with Crippen molar-refractivity contribution in [2.75, 3.05) is 0 Å². The molecule has 0 aromatic heterocycles. The minimum atomic E-state index is -7.07. The van der Waals surface area contributed by atoms with E-state index in [0.717, 1.165) is 0 Å². The largest absolute Gasteiger partial charge is 0.481 e. The minimum Gasteiger partial charge on any atom is -0.481 e. The molecule has 12 heteroatoms. The molecule has 0 aliphatic heterocycles. The number of Topliss-reactive ketones (excluding diaryl/α,β-unsaturated/α-hetero) is 1. The number of alkyl halides is 9. The van der Waals surface area contributed by atoms with Crippen molar-refractivity contribution in [3.8, 4) is 0 Å². The number of hydrogen-bond acceptors (Lipinski definition) is 2. The van der Waals surface area contributed by atoms with E-state index in [9.17, 15) is 49.1 Å². The topological polar surface area (TPSA) is 54.4 Å². The third-order valence-electron chi connectivity index (χ3n) is 2.01. The summed E-state index contributed by atoms with van der Waals surface area (Å²) in [5, 5.41) is 7.92. The van der Waals surface area contributed by atoms with Gasteiger partial charge in [-0.2, -0.15) is 39.5 Å². The average Bonchev–Trinajstić information content (AvgIpc) is 1.91. The van der Waals surface area contributed by atoms with Crippen LogP contribution in [0.25, 0.3) is 0 Å². The Bertz CT molecular complexity index is 339. The van der Waals surface area contributed by atoms with Gasteiger partial charge < -0.3 is 5.11 Å². The van der Waals surface area contributed by atoms with Crippen molar-refractivity contribution in [3.05, 3.63) is 0 Å². The van der Waals surface area contributed by atoms with E-state index < -0.39 is 42.1 Å². The first-order valence-corrected chi connectivity index (χ1v) is 4.04. The van der Waals surface area contributed by atoms with Gasteiger partial charge in [0.1, 0.15) is 6.42 Å². The summed E-state index contributed by atoms with van der Waals surface area (Å²) in [5.74, 6) is -6.10. The fourth-order valence-corrected chi connectivity index (χ4v) is 1.23. The van der Waals surface area contributed by atoms with Crippen LogP contribution in [0.4, 0.5) is 39.5 Å². The Labute approximate surface area is 97.5 Å². The molecular formula is C7H3F9O3. The maximum atomic E-state index is 12.2. The normalized spacial score (nSPS) is 14.4. The van der Waals surface area contributed by atoms with Crippen LogP contribution >= 0.6 is 0 Å². The van der Waals surface area contributed by atoms with E-state index in [1.165, 1.54) is 0 Å². The quantitative estimate of drug-likeness (QED) is 0.644. The lowest BCUT2D eigenvalue weighted by Crippen LogP contribution is -2.64. The molecule has 3 nitrogen and oxygen atoms in total. The molecule has 0 rings (SSSR count). The lowest BCUT2D eigenvalue weighted by Gasteiger charge is -2.36. The summed E-state index contributed by atoms with van der Waals surface area (Å²) in [5.41, 5.74) is -6.72. The van der Waals surface area contributed by atoms with Crippen molar-refractivity contribution in [2.45, 2.75) is 24.9 Å². The maximum absolute atomic E-state index is 12.2. The Kier molecular flexibility index (Phi) is 4.20. The number of carboxylic acids is 1. The van der Waals surface area contributed by atoms with Gasteiger partial charge in [0, 0.05) is 0 Å².